The topological polar surface area (TPSA) is 81.9 Å². The lowest BCUT2D eigenvalue weighted by Gasteiger charge is -2.32. The standard InChI is InChI=1S/C14H18N2O5.C2H6/c1-20-13-9-11(3-4-12(13)16(18)19)15-7-5-10(6-8-15)14(17)21-2;1-2/h3-4,9-10H,5-8H2,1-2H3;1-2H3. The molecule has 23 heavy (non-hydrogen) atoms. The normalized spacial score (nSPS) is 14.5. The van der Waals surface area contributed by atoms with Crippen LogP contribution in [0.25, 0.3) is 0 Å². The summed E-state index contributed by atoms with van der Waals surface area (Å²) in [5.74, 6) is 0.00900. The molecule has 0 radical (unpaired) electrons. The van der Waals surface area contributed by atoms with E-state index in [4.69, 9.17) is 9.47 Å². The Kier molecular flexibility index (Phi) is 7.31. The van der Waals surface area contributed by atoms with Gasteiger partial charge < -0.3 is 14.4 Å². The molecule has 0 saturated carbocycles. The monoisotopic (exact) mass is 324 g/mol. The third kappa shape index (κ3) is 4.58. The molecule has 0 atom stereocenters. The zero-order chi connectivity index (χ0) is 17.4. The molecule has 0 aromatic heterocycles. The molecule has 0 unspecified atom stereocenters. The van der Waals surface area contributed by atoms with E-state index in [9.17, 15) is 14.9 Å². The zero-order valence-electron chi connectivity index (χ0n) is 14.1. The van der Waals surface area contributed by atoms with Gasteiger partial charge in [0.15, 0.2) is 5.75 Å². The van der Waals surface area contributed by atoms with Crippen molar-refractivity contribution in [2.45, 2.75) is 26.7 Å². The number of hydrogen-bond acceptors (Lipinski definition) is 6. The van der Waals surface area contributed by atoms with Crippen LogP contribution in [0.4, 0.5) is 11.4 Å². The smallest absolute Gasteiger partial charge is 0.311 e. The van der Waals surface area contributed by atoms with Gasteiger partial charge in [0, 0.05) is 30.9 Å². The molecule has 128 valence electrons. The number of benzene rings is 1. The van der Waals surface area contributed by atoms with Crippen molar-refractivity contribution in [1.29, 1.82) is 0 Å². The minimum absolute atomic E-state index is 0.0503. The summed E-state index contributed by atoms with van der Waals surface area (Å²) in [4.78, 5) is 24.0. The first-order valence-corrected chi connectivity index (χ1v) is 7.72. The average molecular weight is 324 g/mol. The van der Waals surface area contributed by atoms with Crippen molar-refractivity contribution in [3.63, 3.8) is 0 Å². The van der Waals surface area contributed by atoms with Crippen LogP contribution >= 0.6 is 0 Å². The molecule has 7 nitrogen and oxygen atoms in total. The highest BCUT2D eigenvalue weighted by atomic mass is 16.6. The molecule has 1 aliphatic rings. The lowest BCUT2D eigenvalue weighted by molar-refractivity contribution is -0.385. The van der Waals surface area contributed by atoms with Gasteiger partial charge >= 0.3 is 11.7 Å². The number of nitro benzene ring substituents is 1. The van der Waals surface area contributed by atoms with Gasteiger partial charge in [-0.05, 0) is 18.9 Å². The van der Waals surface area contributed by atoms with Gasteiger partial charge in [0.2, 0.25) is 0 Å². The summed E-state index contributed by atoms with van der Waals surface area (Å²) in [6.45, 7) is 5.42. The number of ether oxygens (including phenoxy) is 2. The van der Waals surface area contributed by atoms with Crippen LogP contribution in [0.3, 0.4) is 0 Å². The number of anilines is 1. The lowest BCUT2D eigenvalue weighted by atomic mass is 9.96. The van der Waals surface area contributed by atoms with E-state index in [2.05, 4.69) is 4.90 Å². The maximum atomic E-state index is 11.5. The van der Waals surface area contributed by atoms with Gasteiger partial charge in [0.05, 0.1) is 25.1 Å². The van der Waals surface area contributed by atoms with Gasteiger partial charge in [0.25, 0.3) is 0 Å². The highest BCUT2D eigenvalue weighted by Gasteiger charge is 2.26. The van der Waals surface area contributed by atoms with E-state index >= 15 is 0 Å². The largest absolute Gasteiger partial charge is 0.490 e. The summed E-state index contributed by atoms with van der Waals surface area (Å²) in [6, 6.07) is 4.82. The second-order valence-corrected chi connectivity index (χ2v) is 4.90. The molecule has 2 rings (SSSR count). The van der Waals surface area contributed by atoms with E-state index in [1.54, 1.807) is 12.1 Å². The third-order valence-corrected chi connectivity index (χ3v) is 3.75. The molecular weight excluding hydrogens is 300 g/mol. The Morgan fingerprint density at radius 1 is 1.26 bits per heavy atom. The predicted molar refractivity (Wildman–Crippen MR) is 87.9 cm³/mol. The van der Waals surface area contributed by atoms with Crippen molar-refractivity contribution in [1.82, 2.24) is 0 Å². The van der Waals surface area contributed by atoms with Crippen LogP contribution in [0.15, 0.2) is 18.2 Å². The van der Waals surface area contributed by atoms with E-state index in [0.29, 0.717) is 25.9 Å². The number of nitro groups is 1. The summed E-state index contributed by atoms with van der Waals surface area (Å²) in [5, 5.41) is 10.9. The Labute approximate surface area is 136 Å². The lowest BCUT2D eigenvalue weighted by Crippen LogP contribution is -2.36. The zero-order valence-corrected chi connectivity index (χ0v) is 14.1. The first-order chi connectivity index (χ1) is 11.1. The Morgan fingerprint density at radius 2 is 1.87 bits per heavy atom. The Hall–Kier alpha value is -2.31. The predicted octanol–water partition coefficient (Wildman–Crippen LogP) is 3.02. The van der Waals surface area contributed by atoms with Crippen LogP contribution in [0, 0.1) is 16.0 Å². The molecule has 7 heteroatoms. The molecule has 1 aromatic rings. The number of carbonyl (C=O) groups is 1. The molecule has 0 N–H and O–H groups in total. The van der Waals surface area contributed by atoms with Crippen LogP contribution < -0.4 is 9.64 Å². The summed E-state index contributed by atoms with van der Waals surface area (Å²) in [5.41, 5.74) is 0.812. The van der Waals surface area contributed by atoms with E-state index < -0.39 is 4.92 Å². The SMILES string of the molecule is CC.COC(=O)C1CCN(c2ccc([N+](=O)[O-])c(OC)c2)CC1. The molecule has 0 aliphatic carbocycles. The van der Waals surface area contributed by atoms with Gasteiger partial charge in [0.1, 0.15) is 0 Å². The van der Waals surface area contributed by atoms with Crippen LogP contribution in [-0.2, 0) is 9.53 Å². The van der Waals surface area contributed by atoms with E-state index in [0.717, 1.165) is 5.69 Å². The summed E-state index contributed by atoms with van der Waals surface area (Å²) >= 11 is 0. The molecule has 1 aliphatic heterocycles. The number of rotatable bonds is 4. The maximum absolute atomic E-state index is 11.5. The number of hydrogen-bond donors (Lipinski definition) is 0. The van der Waals surface area contributed by atoms with E-state index in [1.807, 2.05) is 13.8 Å². The minimum Gasteiger partial charge on any atom is -0.490 e. The van der Waals surface area contributed by atoms with Gasteiger partial charge in [-0.2, -0.15) is 0 Å². The number of nitrogens with zero attached hydrogens (tertiary/aromatic N) is 2. The molecule has 1 fully saturated rings. The van der Waals surface area contributed by atoms with Gasteiger partial charge in [-0.25, -0.2) is 0 Å². The van der Waals surface area contributed by atoms with Crippen molar-refractivity contribution in [2.24, 2.45) is 5.92 Å². The minimum atomic E-state index is -0.466. The Morgan fingerprint density at radius 3 is 2.35 bits per heavy atom. The van der Waals surface area contributed by atoms with Crippen molar-refractivity contribution in [3.8, 4) is 5.75 Å². The fourth-order valence-electron chi connectivity index (χ4n) is 2.55. The molecule has 1 saturated heterocycles. The van der Waals surface area contributed by atoms with Crippen molar-refractivity contribution >= 4 is 17.3 Å². The first-order valence-electron chi connectivity index (χ1n) is 7.72. The number of carbonyl (C=O) groups excluding carboxylic acids is 1. The second-order valence-electron chi connectivity index (χ2n) is 4.90. The van der Waals surface area contributed by atoms with E-state index in [-0.39, 0.29) is 23.3 Å². The highest BCUT2D eigenvalue weighted by molar-refractivity contribution is 5.72. The van der Waals surface area contributed by atoms with E-state index in [1.165, 1.54) is 20.3 Å². The highest BCUT2D eigenvalue weighted by Crippen LogP contribution is 2.33. The molecular formula is C16H24N2O5. The summed E-state index contributed by atoms with van der Waals surface area (Å²) in [6.07, 6.45) is 1.43. The maximum Gasteiger partial charge on any atom is 0.311 e. The van der Waals surface area contributed by atoms with Crippen molar-refractivity contribution in [2.75, 3.05) is 32.2 Å². The fourth-order valence-corrected chi connectivity index (χ4v) is 2.55. The summed E-state index contributed by atoms with van der Waals surface area (Å²) in [7, 11) is 2.81. The van der Waals surface area contributed by atoms with Crippen LogP contribution in [0.2, 0.25) is 0 Å². The number of piperidine rings is 1. The van der Waals surface area contributed by atoms with Gasteiger partial charge in [-0.3, -0.25) is 14.9 Å². The van der Waals surface area contributed by atoms with Gasteiger partial charge in [-0.1, -0.05) is 13.8 Å². The third-order valence-electron chi connectivity index (χ3n) is 3.75. The molecule has 0 spiro atoms. The van der Waals surface area contributed by atoms with Crippen LogP contribution in [-0.4, -0.2) is 38.2 Å². The van der Waals surface area contributed by atoms with Crippen LogP contribution in [0.5, 0.6) is 5.75 Å². The fraction of sp³-hybridized carbons (Fsp3) is 0.562. The summed E-state index contributed by atoms with van der Waals surface area (Å²) < 4.78 is 9.83. The quantitative estimate of drug-likeness (QED) is 0.481. The molecule has 0 bridgehead atoms. The number of methoxy groups -OCH3 is 2. The van der Waals surface area contributed by atoms with Gasteiger partial charge in [-0.15, -0.1) is 0 Å². The Bertz CT molecular complexity index is 539. The molecule has 0 amide bonds. The number of esters is 1. The first kappa shape index (κ1) is 18.7. The van der Waals surface area contributed by atoms with Crippen molar-refractivity contribution in [3.05, 3.63) is 28.3 Å². The molecule has 1 heterocycles. The van der Waals surface area contributed by atoms with Crippen LogP contribution in [0.1, 0.15) is 26.7 Å². The van der Waals surface area contributed by atoms with Crippen molar-refractivity contribution < 1.29 is 19.2 Å². The Balaban J connectivity index is 0.00000127. The second kappa shape index (κ2) is 8.97. The average Bonchev–Trinajstić information content (AvgIpc) is 2.62. The molecule has 1 aromatic carbocycles.